The van der Waals surface area contributed by atoms with Crippen LogP contribution in [0.4, 0.5) is 0 Å². The Hall–Kier alpha value is -3.60. The summed E-state index contributed by atoms with van der Waals surface area (Å²) in [5, 5.41) is 11.3. The normalized spacial score (nSPS) is 12.1. The molecule has 1 unspecified atom stereocenters. The number of hydrogen-bond acceptors (Lipinski definition) is 3. The predicted octanol–water partition coefficient (Wildman–Crippen LogP) is 6.78. The Morgan fingerprint density at radius 3 is 1.97 bits per heavy atom. The van der Waals surface area contributed by atoms with Crippen molar-refractivity contribution >= 4 is 11.9 Å². The number of amides is 1. The second kappa shape index (κ2) is 11.7. The smallest absolute Gasteiger partial charge is 0.305 e. The number of carboxylic acids is 1. The summed E-state index contributed by atoms with van der Waals surface area (Å²) in [6.07, 6.45) is 1.58. The minimum absolute atomic E-state index is 0.0999. The molecule has 0 aliphatic heterocycles. The number of rotatable bonds is 10. The molecule has 0 aromatic heterocycles. The zero-order valence-electron chi connectivity index (χ0n) is 21.0. The Balaban J connectivity index is 1.67. The molecule has 0 saturated heterocycles. The molecule has 0 aliphatic carbocycles. The number of ether oxygens (including phenoxy) is 1. The summed E-state index contributed by atoms with van der Waals surface area (Å²) in [4.78, 5) is 22.8. The number of aliphatic carboxylic acids is 1. The van der Waals surface area contributed by atoms with Crippen LogP contribution >= 0.6 is 0 Å². The van der Waals surface area contributed by atoms with Crippen LogP contribution in [0.15, 0.2) is 72.8 Å². The third kappa shape index (κ3) is 7.44. The van der Waals surface area contributed by atoms with Crippen LogP contribution in [0.1, 0.15) is 74.5 Å². The van der Waals surface area contributed by atoms with Crippen molar-refractivity contribution in [1.82, 2.24) is 5.32 Å². The molecule has 0 saturated carbocycles. The first-order valence-corrected chi connectivity index (χ1v) is 12.1. The van der Waals surface area contributed by atoms with Gasteiger partial charge in [-0.3, -0.25) is 9.59 Å². The first-order chi connectivity index (χ1) is 16.7. The maximum atomic E-state index is 12.2. The van der Waals surface area contributed by atoms with Crippen molar-refractivity contribution < 1.29 is 19.4 Å². The largest absolute Gasteiger partial charge is 0.486 e. The lowest BCUT2D eigenvalue weighted by Gasteiger charge is -2.20. The third-order valence-corrected chi connectivity index (χ3v) is 5.94. The van der Waals surface area contributed by atoms with Gasteiger partial charge in [0.1, 0.15) is 11.9 Å². The summed E-state index contributed by atoms with van der Waals surface area (Å²) >= 11 is 0. The molecule has 0 heterocycles. The van der Waals surface area contributed by atoms with E-state index in [1.165, 1.54) is 11.1 Å². The lowest BCUT2D eigenvalue weighted by atomic mass is 9.86. The van der Waals surface area contributed by atoms with Crippen LogP contribution in [-0.4, -0.2) is 23.5 Å². The van der Waals surface area contributed by atoms with Gasteiger partial charge in [0.25, 0.3) is 5.91 Å². The molecular formula is C30H35NO4. The summed E-state index contributed by atoms with van der Waals surface area (Å²) in [6.45, 7) is 8.86. The van der Waals surface area contributed by atoms with Crippen LogP contribution < -0.4 is 10.1 Å². The Bertz CT molecular complexity index is 1110. The topological polar surface area (TPSA) is 75.6 Å². The molecule has 3 aromatic rings. The Kier molecular flexibility index (Phi) is 8.69. The molecule has 0 fully saturated rings. The van der Waals surface area contributed by atoms with Gasteiger partial charge < -0.3 is 15.2 Å². The van der Waals surface area contributed by atoms with E-state index >= 15 is 0 Å². The number of carboxylic acid groups (broad SMARTS) is 1. The maximum Gasteiger partial charge on any atom is 0.305 e. The third-order valence-electron chi connectivity index (χ3n) is 5.94. The summed E-state index contributed by atoms with van der Waals surface area (Å²) in [7, 11) is 0. The number of benzene rings is 3. The van der Waals surface area contributed by atoms with E-state index in [0.717, 1.165) is 29.7 Å². The van der Waals surface area contributed by atoms with Crippen molar-refractivity contribution in [3.8, 4) is 16.9 Å². The van der Waals surface area contributed by atoms with Gasteiger partial charge >= 0.3 is 5.97 Å². The van der Waals surface area contributed by atoms with E-state index in [0.29, 0.717) is 5.56 Å². The van der Waals surface area contributed by atoms with E-state index in [1.54, 1.807) is 12.1 Å². The number of hydrogen-bond donors (Lipinski definition) is 2. The molecular weight excluding hydrogens is 438 g/mol. The average Bonchev–Trinajstić information content (AvgIpc) is 2.83. The van der Waals surface area contributed by atoms with Crippen molar-refractivity contribution in [1.29, 1.82) is 0 Å². The SMILES string of the molecule is CCCC(Oc1ccc(-c2ccc(C(C)(C)C)cc2)cc1)c1ccc(C(=O)NCCC(=O)O)cc1. The van der Waals surface area contributed by atoms with Crippen molar-refractivity contribution in [2.45, 2.75) is 58.5 Å². The molecule has 0 radical (unpaired) electrons. The summed E-state index contributed by atoms with van der Waals surface area (Å²) < 4.78 is 6.32. The fraction of sp³-hybridized carbons (Fsp3) is 0.333. The molecule has 0 aliphatic rings. The van der Waals surface area contributed by atoms with Gasteiger partial charge in [-0.05, 0) is 58.4 Å². The van der Waals surface area contributed by atoms with Gasteiger partial charge in [0.05, 0.1) is 6.42 Å². The molecule has 3 rings (SSSR count). The Morgan fingerprint density at radius 1 is 0.886 bits per heavy atom. The van der Waals surface area contributed by atoms with Crippen LogP contribution in [0.3, 0.4) is 0 Å². The molecule has 5 heteroatoms. The zero-order chi connectivity index (χ0) is 25.4. The van der Waals surface area contributed by atoms with Gasteiger partial charge in [0.2, 0.25) is 0 Å². The van der Waals surface area contributed by atoms with Gasteiger partial charge in [0.15, 0.2) is 0 Å². The highest BCUT2D eigenvalue weighted by molar-refractivity contribution is 5.94. The van der Waals surface area contributed by atoms with Crippen molar-refractivity contribution in [2.75, 3.05) is 6.54 Å². The molecule has 1 atom stereocenters. The standard InChI is InChI=1S/C30H35NO4/c1-5-6-27(23-7-9-24(10-8-23)29(34)31-20-19-28(32)33)35-26-17-13-22(14-18-26)21-11-15-25(16-12-21)30(2,3)4/h7-18,27H,5-6,19-20H2,1-4H3,(H,31,34)(H,32,33). The predicted molar refractivity (Wildman–Crippen MR) is 140 cm³/mol. The maximum absolute atomic E-state index is 12.2. The molecule has 0 bridgehead atoms. The molecule has 35 heavy (non-hydrogen) atoms. The second-order valence-corrected chi connectivity index (χ2v) is 9.77. The average molecular weight is 474 g/mol. The highest BCUT2D eigenvalue weighted by Crippen LogP contribution is 2.30. The highest BCUT2D eigenvalue weighted by atomic mass is 16.5. The lowest BCUT2D eigenvalue weighted by molar-refractivity contribution is -0.136. The van der Waals surface area contributed by atoms with Crippen LogP contribution in [0.5, 0.6) is 5.75 Å². The van der Waals surface area contributed by atoms with E-state index in [4.69, 9.17) is 9.84 Å². The molecule has 2 N–H and O–H groups in total. The van der Waals surface area contributed by atoms with E-state index < -0.39 is 5.97 Å². The Morgan fingerprint density at radius 2 is 1.46 bits per heavy atom. The summed E-state index contributed by atoms with van der Waals surface area (Å²) in [6, 6.07) is 24.2. The van der Waals surface area contributed by atoms with Crippen LogP contribution in [0.2, 0.25) is 0 Å². The molecule has 184 valence electrons. The van der Waals surface area contributed by atoms with Crippen LogP contribution in [0, 0.1) is 0 Å². The fourth-order valence-corrected chi connectivity index (χ4v) is 3.84. The van der Waals surface area contributed by atoms with Crippen LogP contribution in [0.25, 0.3) is 11.1 Å². The van der Waals surface area contributed by atoms with Gasteiger partial charge in [-0.1, -0.05) is 82.6 Å². The van der Waals surface area contributed by atoms with Crippen LogP contribution in [-0.2, 0) is 10.2 Å². The van der Waals surface area contributed by atoms with Gasteiger partial charge in [-0.25, -0.2) is 0 Å². The van der Waals surface area contributed by atoms with Crippen molar-refractivity contribution in [3.63, 3.8) is 0 Å². The molecule has 5 nitrogen and oxygen atoms in total. The van der Waals surface area contributed by atoms with Gasteiger partial charge in [-0.2, -0.15) is 0 Å². The zero-order valence-corrected chi connectivity index (χ0v) is 21.0. The van der Waals surface area contributed by atoms with E-state index in [1.807, 2.05) is 24.3 Å². The van der Waals surface area contributed by atoms with E-state index in [-0.39, 0.29) is 30.4 Å². The van der Waals surface area contributed by atoms with Crippen molar-refractivity contribution in [3.05, 3.63) is 89.5 Å². The lowest BCUT2D eigenvalue weighted by Crippen LogP contribution is -2.26. The number of carbonyl (C=O) groups is 2. The minimum atomic E-state index is -0.938. The van der Waals surface area contributed by atoms with Gasteiger partial charge in [-0.15, -0.1) is 0 Å². The highest BCUT2D eigenvalue weighted by Gasteiger charge is 2.15. The fourth-order valence-electron chi connectivity index (χ4n) is 3.84. The first kappa shape index (κ1) is 26.0. The molecule has 1 amide bonds. The van der Waals surface area contributed by atoms with E-state index in [2.05, 4.69) is 69.4 Å². The first-order valence-electron chi connectivity index (χ1n) is 12.1. The Labute approximate surface area is 208 Å². The van der Waals surface area contributed by atoms with Crippen molar-refractivity contribution in [2.24, 2.45) is 0 Å². The monoisotopic (exact) mass is 473 g/mol. The number of nitrogens with one attached hydrogen (secondary N) is 1. The number of carbonyl (C=O) groups excluding carboxylic acids is 1. The quantitative estimate of drug-likeness (QED) is 0.340. The molecule has 3 aromatic carbocycles. The summed E-state index contributed by atoms with van der Waals surface area (Å²) in [5.74, 6) is -0.419. The van der Waals surface area contributed by atoms with E-state index in [9.17, 15) is 9.59 Å². The van der Waals surface area contributed by atoms with Gasteiger partial charge in [0, 0.05) is 12.1 Å². The minimum Gasteiger partial charge on any atom is -0.486 e. The summed E-state index contributed by atoms with van der Waals surface area (Å²) in [5.41, 5.74) is 5.25. The second-order valence-electron chi connectivity index (χ2n) is 9.77. The molecule has 0 spiro atoms.